The number of aromatic nitrogens is 3. The van der Waals surface area contributed by atoms with E-state index < -0.39 is 0 Å². The molecular formula is C22H24N4O2. The molecule has 3 heterocycles. The van der Waals surface area contributed by atoms with E-state index in [4.69, 9.17) is 4.42 Å². The Hall–Kier alpha value is -3.02. The van der Waals surface area contributed by atoms with Gasteiger partial charge in [0.15, 0.2) is 0 Å². The van der Waals surface area contributed by atoms with E-state index in [1.165, 1.54) is 0 Å². The van der Waals surface area contributed by atoms with E-state index in [0.717, 1.165) is 24.0 Å². The Bertz CT molecular complexity index is 903. The van der Waals surface area contributed by atoms with Gasteiger partial charge in [0.1, 0.15) is 0 Å². The molecule has 0 radical (unpaired) electrons. The number of hydrogen-bond acceptors (Lipinski definition) is 5. The maximum atomic E-state index is 13.4. The molecule has 1 amide bonds. The second kappa shape index (κ2) is 8.33. The summed E-state index contributed by atoms with van der Waals surface area (Å²) >= 11 is 0. The molecule has 4 rings (SSSR count). The SMILES string of the molecule is Cc1nnc(C2CCN(C(=O)C(Cc3cccnc3)c3ccccc3)CC2)o1. The van der Waals surface area contributed by atoms with Gasteiger partial charge < -0.3 is 9.32 Å². The highest BCUT2D eigenvalue weighted by Gasteiger charge is 2.31. The topological polar surface area (TPSA) is 72.1 Å². The number of hydrogen-bond donors (Lipinski definition) is 0. The summed E-state index contributed by atoms with van der Waals surface area (Å²) in [6.45, 7) is 3.22. The summed E-state index contributed by atoms with van der Waals surface area (Å²) in [5, 5.41) is 8.08. The number of nitrogens with zero attached hydrogens (tertiary/aromatic N) is 4. The van der Waals surface area contributed by atoms with Crippen LogP contribution in [-0.4, -0.2) is 39.1 Å². The Morgan fingerprint density at radius 3 is 2.57 bits per heavy atom. The largest absolute Gasteiger partial charge is 0.425 e. The number of amides is 1. The number of benzene rings is 1. The number of aryl methyl sites for hydroxylation is 1. The Morgan fingerprint density at radius 1 is 1.14 bits per heavy atom. The first-order valence-electron chi connectivity index (χ1n) is 9.73. The monoisotopic (exact) mass is 376 g/mol. The molecule has 1 aliphatic heterocycles. The van der Waals surface area contributed by atoms with Crippen LogP contribution < -0.4 is 0 Å². The van der Waals surface area contributed by atoms with Gasteiger partial charge in [-0.25, -0.2) is 0 Å². The number of piperidine rings is 1. The minimum Gasteiger partial charge on any atom is -0.425 e. The molecule has 1 aliphatic rings. The van der Waals surface area contributed by atoms with Gasteiger partial charge in [-0.1, -0.05) is 36.4 Å². The first-order chi connectivity index (χ1) is 13.7. The molecule has 1 aromatic carbocycles. The van der Waals surface area contributed by atoms with Crippen LogP contribution in [-0.2, 0) is 11.2 Å². The van der Waals surface area contributed by atoms with Gasteiger partial charge in [-0.3, -0.25) is 9.78 Å². The van der Waals surface area contributed by atoms with E-state index in [-0.39, 0.29) is 17.7 Å². The van der Waals surface area contributed by atoms with Crippen LogP contribution in [0.3, 0.4) is 0 Å². The summed E-state index contributed by atoms with van der Waals surface area (Å²) in [6.07, 6.45) is 5.95. The summed E-state index contributed by atoms with van der Waals surface area (Å²) in [7, 11) is 0. The molecule has 28 heavy (non-hydrogen) atoms. The molecule has 0 N–H and O–H groups in total. The Balaban J connectivity index is 1.48. The lowest BCUT2D eigenvalue weighted by molar-refractivity contribution is -0.134. The smallest absolute Gasteiger partial charge is 0.230 e. The number of carbonyl (C=O) groups excluding carboxylic acids is 1. The maximum Gasteiger partial charge on any atom is 0.230 e. The summed E-state index contributed by atoms with van der Waals surface area (Å²) in [5.74, 6) is 1.50. The van der Waals surface area contributed by atoms with Gasteiger partial charge in [-0.15, -0.1) is 10.2 Å². The predicted octanol–water partition coefficient (Wildman–Crippen LogP) is 3.51. The van der Waals surface area contributed by atoms with Crippen molar-refractivity contribution in [1.29, 1.82) is 0 Å². The highest BCUT2D eigenvalue weighted by Crippen LogP contribution is 2.30. The molecule has 1 fully saturated rings. The first kappa shape index (κ1) is 18.3. The van der Waals surface area contributed by atoms with E-state index in [0.29, 0.717) is 31.3 Å². The summed E-state index contributed by atoms with van der Waals surface area (Å²) in [5.41, 5.74) is 2.12. The molecule has 1 atom stereocenters. The molecule has 3 aromatic rings. The van der Waals surface area contributed by atoms with Crippen LogP contribution in [0, 0.1) is 6.92 Å². The molecule has 2 aromatic heterocycles. The van der Waals surface area contributed by atoms with E-state index in [9.17, 15) is 4.79 Å². The van der Waals surface area contributed by atoms with Gasteiger partial charge in [0.25, 0.3) is 0 Å². The lowest BCUT2D eigenvalue weighted by Gasteiger charge is -2.33. The average molecular weight is 376 g/mol. The van der Waals surface area contributed by atoms with Crippen LogP contribution in [0.4, 0.5) is 0 Å². The van der Waals surface area contributed by atoms with Crippen molar-refractivity contribution < 1.29 is 9.21 Å². The van der Waals surface area contributed by atoms with Crippen molar-refractivity contribution in [3.63, 3.8) is 0 Å². The van der Waals surface area contributed by atoms with E-state index >= 15 is 0 Å². The zero-order chi connectivity index (χ0) is 19.3. The second-order valence-corrected chi connectivity index (χ2v) is 7.29. The lowest BCUT2D eigenvalue weighted by atomic mass is 9.89. The molecule has 6 heteroatoms. The quantitative estimate of drug-likeness (QED) is 0.681. The Kier molecular flexibility index (Phi) is 5.46. The minimum atomic E-state index is -0.201. The predicted molar refractivity (Wildman–Crippen MR) is 105 cm³/mol. The Morgan fingerprint density at radius 2 is 1.93 bits per heavy atom. The highest BCUT2D eigenvalue weighted by molar-refractivity contribution is 5.84. The number of rotatable bonds is 5. The third-order valence-corrected chi connectivity index (χ3v) is 5.36. The van der Waals surface area contributed by atoms with Gasteiger partial charge in [0, 0.05) is 38.3 Å². The second-order valence-electron chi connectivity index (χ2n) is 7.29. The average Bonchev–Trinajstić information content (AvgIpc) is 3.19. The maximum absolute atomic E-state index is 13.4. The first-order valence-corrected chi connectivity index (χ1v) is 9.73. The van der Waals surface area contributed by atoms with Crippen LogP contribution in [0.5, 0.6) is 0 Å². The zero-order valence-corrected chi connectivity index (χ0v) is 16.0. The van der Waals surface area contributed by atoms with Gasteiger partial charge in [0.05, 0.1) is 5.92 Å². The third kappa shape index (κ3) is 4.11. The molecule has 1 saturated heterocycles. The molecular weight excluding hydrogens is 352 g/mol. The van der Waals surface area contributed by atoms with Crippen molar-refractivity contribution in [3.05, 3.63) is 77.8 Å². The van der Waals surface area contributed by atoms with E-state index in [2.05, 4.69) is 15.2 Å². The lowest BCUT2D eigenvalue weighted by Crippen LogP contribution is -2.41. The van der Waals surface area contributed by atoms with Crippen molar-refractivity contribution in [2.75, 3.05) is 13.1 Å². The van der Waals surface area contributed by atoms with Crippen LogP contribution in [0.25, 0.3) is 0 Å². The van der Waals surface area contributed by atoms with Crippen molar-refractivity contribution in [1.82, 2.24) is 20.1 Å². The summed E-state index contributed by atoms with van der Waals surface area (Å²) < 4.78 is 5.58. The number of pyridine rings is 1. The summed E-state index contributed by atoms with van der Waals surface area (Å²) in [4.78, 5) is 19.6. The molecule has 144 valence electrons. The van der Waals surface area contributed by atoms with Crippen LogP contribution in [0.15, 0.2) is 59.3 Å². The van der Waals surface area contributed by atoms with Crippen LogP contribution in [0.2, 0.25) is 0 Å². The Labute approximate surface area is 164 Å². The fraction of sp³-hybridized carbons (Fsp3) is 0.364. The molecule has 0 aliphatic carbocycles. The molecule has 1 unspecified atom stereocenters. The fourth-order valence-corrected chi connectivity index (χ4v) is 3.83. The summed E-state index contributed by atoms with van der Waals surface area (Å²) in [6, 6.07) is 14.0. The van der Waals surface area contributed by atoms with Gasteiger partial charge >= 0.3 is 0 Å². The standard InChI is InChI=1S/C22H24N4O2/c1-16-24-25-21(28-16)19-9-12-26(13-10-19)22(27)20(18-7-3-2-4-8-18)14-17-6-5-11-23-15-17/h2-8,11,15,19-20H,9-10,12-14H2,1H3. The van der Waals surface area contributed by atoms with E-state index in [1.54, 1.807) is 13.1 Å². The molecule has 0 spiro atoms. The number of carbonyl (C=O) groups is 1. The molecule has 0 saturated carbocycles. The molecule has 6 nitrogen and oxygen atoms in total. The fourth-order valence-electron chi connectivity index (χ4n) is 3.83. The normalized spacial score (nSPS) is 16.1. The zero-order valence-electron chi connectivity index (χ0n) is 16.0. The van der Waals surface area contributed by atoms with Gasteiger partial charge in [-0.05, 0) is 36.5 Å². The minimum absolute atomic E-state index is 0.176. The van der Waals surface area contributed by atoms with Gasteiger partial charge in [0.2, 0.25) is 17.7 Å². The third-order valence-electron chi connectivity index (χ3n) is 5.36. The number of likely N-dealkylation sites (tertiary alicyclic amines) is 1. The van der Waals surface area contributed by atoms with Crippen molar-refractivity contribution in [3.8, 4) is 0 Å². The van der Waals surface area contributed by atoms with Crippen LogP contribution in [0.1, 0.15) is 47.6 Å². The molecule has 0 bridgehead atoms. The van der Waals surface area contributed by atoms with Crippen molar-refractivity contribution >= 4 is 5.91 Å². The van der Waals surface area contributed by atoms with Crippen LogP contribution >= 0.6 is 0 Å². The van der Waals surface area contributed by atoms with Gasteiger partial charge in [-0.2, -0.15) is 0 Å². The van der Waals surface area contributed by atoms with Crippen molar-refractivity contribution in [2.24, 2.45) is 0 Å². The van der Waals surface area contributed by atoms with E-state index in [1.807, 2.05) is 53.6 Å². The highest BCUT2D eigenvalue weighted by atomic mass is 16.4. The van der Waals surface area contributed by atoms with Crippen molar-refractivity contribution in [2.45, 2.75) is 38.0 Å².